The first-order valence-electron chi connectivity index (χ1n) is 7.26. The fourth-order valence-corrected chi connectivity index (χ4v) is 2.87. The molecular formula is C16H17NO5. The largest absolute Gasteiger partial charge is 0.497 e. The summed E-state index contributed by atoms with van der Waals surface area (Å²) in [5.74, 6) is -0.998. The number of nitrogens with zero attached hydrogens (tertiary/aromatic N) is 1. The van der Waals surface area contributed by atoms with Gasteiger partial charge >= 0.3 is 5.97 Å². The van der Waals surface area contributed by atoms with Crippen LogP contribution in [0.1, 0.15) is 40.5 Å². The highest BCUT2D eigenvalue weighted by Gasteiger charge is 2.36. The normalized spacial score (nSPS) is 19.4. The number of ether oxygens (including phenoxy) is 2. The van der Waals surface area contributed by atoms with E-state index in [-0.39, 0.29) is 23.3 Å². The third-order valence-electron chi connectivity index (χ3n) is 3.89. The zero-order chi connectivity index (χ0) is 15.7. The van der Waals surface area contributed by atoms with Crippen LogP contribution in [0.3, 0.4) is 0 Å². The molecule has 3 rings (SSSR count). The van der Waals surface area contributed by atoms with Crippen LogP contribution in [0.5, 0.6) is 5.75 Å². The van der Waals surface area contributed by atoms with Gasteiger partial charge in [-0.2, -0.15) is 0 Å². The molecule has 0 saturated carbocycles. The van der Waals surface area contributed by atoms with Gasteiger partial charge in [-0.05, 0) is 38.0 Å². The number of allylic oxidation sites excluding steroid dienone is 1. The number of carbonyl (C=O) groups excluding carboxylic acids is 1. The maximum atomic E-state index is 12.7. The van der Waals surface area contributed by atoms with Gasteiger partial charge < -0.3 is 19.5 Å². The van der Waals surface area contributed by atoms with Crippen LogP contribution in [-0.4, -0.2) is 41.1 Å². The highest BCUT2D eigenvalue weighted by atomic mass is 16.5. The minimum atomic E-state index is -1.07. The van der Waals surface area contributed by atoms with Crippen molar-refractivity contribution in [1.29, 1.82) is 0 Å². The zero-order valence-corrected chi connectivity index (χ0v) is 12.2. The Balaban J connectivity index is 1.93. The predicted octanol–water partition coefficient (Wildman–Crippen LogP) is 2.26. The molecule has 116 valence electrons. The molecule has 2 aliphatic heterocycles. The summed E-state index contributed by atoms with van der Waals surface area (Å²) in [4.78, 5) is 25.7. The number of hydrogen-bond donors (Lipinski definition) is 1. The molecule has 1 saturated heterocycles. The van der Waals surface area contributed by atoms with Gasteiger partial charge in [0.1, 0.15) is 24.2 Å². The molecule has 0 aliphatic carbocycles. The molecule has 0 spiro atoms. The summed E-state index contributed by atoms with van der Waals surface area (Å²) in [6.45, 7) is 2.61. The molecular weight excluding hydrogens is 286 g/mol. The third kappa shape index (κ3) is 2.41. The summed E-state index contributed by atoms with van der Waals surface area (Å²) in [5, 5.41) is 9.16. The van der Waals surface area contributed by atoms with E-state index in [0.717, 1.165) is 18.5 Å². The van der Waals surface area contributed by atoms with Crippen molar-refractivity contribution in [3.63, 3.8) is 0 Å². The van der Waals surface area contributed by atoms with Gasteiger partial charge in [0.25, 0.3) is 5.91 Å². The van der Waals surface area contributed by atoms with E-state index in [2.05, 4.69) is 0 Å². The van der Waals surface area contributed by atoms with Crippen molar-refractivity contribution in [2.24, 2.45) is 0 Å². The molecule has 1 fully saturated rings. The monoisotopic (exact) mass is 303 g/mol. The zero-order valence-electron chi connectivity index (χ0n) is 12.2. The van der Waals surface area contributed by atoms with Gasteiger partial charge in [0, 0.05) is 5.56 Å². The van der Waals surface area contributed by atoms with E-state index in [0.29, 0.717) is 18.8 Å². The molecule has 1 atom stereocenters. The van der Waals surface area contributed by atoms with Crippen molar-refractivity contribution in [3.8, 4) is 5.75 Å². The summed E-state index contributed by atoms with van der Waals surface area (Å²) in [7, 11) is 0. The average molecular weight is 303 g/mol. The number of carboxylic acids is 1. The van der Waals surface area contributed by atoms with Crippen LogP contribution in [0.4, 0.5) is 0 Å². The lowest BCUT2D eigenvalue weighted by Gasteiger charge is -2.29. The molecule has 0 aromatic heterocycles. The molecule has 2 aliphatic rings. The third-order valence-corrected chi connectivity index (χ3v) is 3.89. The summed E-state index contributed by atoms with van der Waals surface area (Å²) >= 11 is 0. The van der Waals surface area contributed by atoms with Crippen LogP contribution in [0.25, 0.3) is 0 Å². The second kappa shape index (κ2) is 5.71. The van der Waals surface area contributed by atoms with Crippen LogP contribution >= 0.6 is 0 Å². The quantitative estimate of drug-likeness (QED) is 0.923. The molecule has 22 heavy (non-hydrogen) atoms. The minimum Gasteiger partial charge on any atom is -0.497 e. The fraction of sp³-hybridized carbons (Fsp3) is 0.375. The maximum Gasteiger partial charge on any atom is 0.339 e. The van der Waals surface area contributed by atoms with Gasteiger partial charge in [-0.3, -0.25) is 4.79 Å². The van der Waals surface area contributed by atoms with E-state index in [1.165, 1.54) is 18.2 Å². The standard InChI is InChI=1S/C16H17NO5/c1-2-22-14-7-10(3-6-13(14)16(19)20)15(18)17-11-4-5-12(17)9-21-8-11/h3,6-8,12H,2,4-5,9H2,1H3,(H,19,20). The van der Waals surface area contributed by atoms with Crippen molar-refractivity contribution >= 4 is 11.9 Å². The van der Waals surface area contributed by atoms with E-state index >= 15 is 0 Å². The van der Waals surface area contributed by atoms with Crippen LogP contribution in [0.2, 0.25) is 0 Å². The molecule has 1 unspecified atom stereocenters. The highest BCUT2D eigenvalue weighted by Crippen LogP contribution is 2.33. The van der Waals surface area contributed by atoms with Gasteiger partial charge in [-0.1, -0.05) is 0 Å². The lowest BCUT2D eigenvalue weighted by molar-refractivity contribution is 0.0638. The van der Waals surface area contributed by atoms with Crippen molar-refractivity contribution in [3.05, 3.63) is 41.3 Å². The Morgan fingerprint density at radius 2 is 2.27 bits per heavy atom. The van der Waals surface area contributed by atoms with E-state index in [9.17, 15) is 9.59 Å². The molecule has 2 bridgehead atoms. The number of benzene rings is 1. The first kappa shape index (κ1) is 14.4. The number of carboxylic acid groups (broad SMARTS) is 1. The first-order valence-corrected chi connectivity index (χ1v) is 7.26. The fourth-order valence-electron chi connectivity index (χ4n) is 2.87. The average Bonchev–Trinajstić information content (AvgIpc) is 2.75. The summed E-state index contributed by atoms with van der Waals surface area (Å²) in [6, 6.07) is 4.51. The summed E-state index contributed by atoms with van der Waals surface area (Å²) in [6.07, 6.45) is 3.35. The lowest BCUT2D eigenvalue weighted by atomic mass is 10.1. The molecule has 6 heteroatoms. The molecule has 1 aromatic rings. The molecule has 6 nitrogen and oxygen atoms in total. The minimum absolute atomic E-state index is 0.0576. The van der Waals surface area contributed by atoms with Gasteiger partial charge in [0.05, 0.1) is 18.3 Å². The summed E-state index contributed by atoms with van der Waals surface area (Å²) < 4.78 is 10.7. The van der Waals surface area contributed by atoms with Crippen molar-refractivity contribution in [2.75, 3.05) is 13.2 Å². The number of amides is 1. The SMILES string of the molecule is CCOc1cc(C(=O)N2C3=COCC2CC3)ccc1C(=O)O. The topological polar surface area (TPSA) is 76.1 Å². The Morgan fingerprint density at radius 3 is 2.95 bits per heavy atom. The van der Waals surface area contributed by atoms with Crippen molar-refractivity contribution in [1.82, 2.24) is 4.90 Å². The Morgan fingerprint density at radius 1 is 1.45 bits per heavy atom. The van der Waals surface area contributed by atoms with Gasteiger partial charge in [-0.15, -0.1) is 0 Å². The number of carbonyl (C=O) groups is 2. The number of hydrogen-bond acceptors (Lipinski definition) is 4. The van der Waals surface area contributed by atoms with Gasteiger partial charge in [0.15, 0.2) is 0 Å². The molecule has 2 heterocycles. The molecule has 1 aromatic carbocycles. The number of aromatic carboxylic acids is 1. The second-order valence-electron chi connectivity index (χ2n) is 5.26. The Kier molecular flexibility index (Phi) is 3.75. The van der Waals surface area contributed by atoms with E-state index in [4.69, 9.17) is 14.6 Å². The predicted molar refractivity (Wildman–Crippen MR) is 77.8 cm³/mol. The van der Waals surface area contributed by atoms with Crippen LogP contribution < -0.4 is 4.74 Å². The Bertz CT molecular complexity index is 650. The molecule has 0 radical (unpaired) electrons. The van der Waals surface area contributed by atoms with Crippen LogP contribution in [0.15, 0.2) is 30.2 Å². The Labute approximate surface area is 127 Å². The summed E-state index contributed by atoms with van der Waals surface area (Å²) in [5.41, 5.74) is 1.36. The molecule has 1 amide bonds. The highest BCUT2D eigenvalue weighted by molar-refractivity contribution is 5.98. The number of rotatable bonds is 4. The van der Waals surface area contributed by atoms with E-state index in [1.807, 2.05) is 0 Å². The van der Waals surface area contributed by atoms with Gasteiger partial charge in [-0.25, -0.2) is 4.79 Å². The lowest BCUT2D eigenvalue weighted by Crippen LogP contribution is -2.39. The maximum absolute atomic E-state index is 12.7. The van der Waals surface area contributed by atoms with E-state index < -0.39 is 5.97 Å². The van der Waals surface area contributed by atoms with Gasteiger partial charge in [0.2, 0.25) is 0 Å². The number of fused-ring (bicyclic) bond motifs is 2. The van der Waals surface area contributed by atoms with Crippen molar-refractivity contribution in [2.45, 2.75) is 25.8 Å². The van der Waals surface area contributed by atoms with Crippen molar-refractivity contribution < 1.29 is 24.2 Å². The van der Waals surface area contributed by atoms with Crippen LogP contribution in [-0.2, 0) is 4.74 Å². The first-order chi connectivity index (χ1) is 10.6. The second-order valence-corrected chi connectivity index (χ2v) is 5.26. The van der Waals surface area contributed by atoms with E-state index in [1.54, 1.807) is 18.1 Å². The Hall–Kier alpha value is -2.50. The smallest absolute Gasteiger partial charge is 0.339 e. The molecule has 1 N–H and O–H groups in total. The van der Waals surface area contributed by atoms with Crippen LogP contribution in [0, 0.1) is 0 Å².